The lowest BCUT2D eigenvalue weighted by Gasteiger charge is -2.35. The van der Waals surface area contributed by atoms with Gasteiger partial charge in [-0.2, -0.15) is 0 Å². The SMILES string of the molecule is CC1=CC2=C(C1(C)C)C(C)(C)c1ccccc12. The average Bonchev–Trinajstić information content (AvgIpc) is 2.62. The molecule has 0 fully saturated rings. The molecule has 17 heavy (non-hydrogen) atoms. The van der Waals surface area contributed by atoms with Crippen LogP contribution >= 0.6 is 0 Å². The Morgan fingerprint density at radius 1 is 0.882 bits per heavy atom. The molecule has 0 radical (unpaired) electrons. The molecule has 0 unspecified atom stereocenters. The number of benzene rings is 1. The second kappa shape index (κ2) is 2.93. The summed E-state index contributed by atoms with van der Waals surface area (Å²) in [7, 11) is 0. The van der Waals surface area contributed by atoms with Gasteiger partial charge in [0, 0.05) is 10.8 Å². The highest BCUT2D eigenvalue weighted by Gasteiger charge is 2.47. The van der Waals surface area contributed by atoms with Gasteiger partial charge in [0.25, 0.3) is 0 Å². The zero-order chi connectivity index (χ0) is 12.4. The molecule has 0 atom stereocenters. The van der Waals surface area contributed by atoms with Crippen LogP contribution in [0.25, 0.3) is 5.57 Å². The van der Waals surface area contributed by atoms with Crippen LogP contribution in [0.4, 0.5) is 0 Å². The van der Waals surface area contributed by atoms with Gasteiger partial charge in [-0.15, -0.1) is 0 Å². The Balaban J connectivity index is 2.34. The highest BCUT2D eigenvalue weighted by molar-refractivity contribution is 5.90. The van der Waals surface area contributed by atoms with Crippen molar-refractivity contribution in [1.82, 2.24) is 0 Å². The van der Waals surface area contributed by atoms with Crippen LogP contribution < -0.4 is 0 Å². The van der Waals surface area contributed by atoms with Crippen LogP contribution in [0.1, 0.15) is 45.7 Å². The van der Waals surface area contributed by atoms with E-state index in [1.54, 1.807) is 5.57 Å². The van der Waals surface area contributed by atoms with Gasteiger partial charge in [-0.05, 0) is 29.2 Å². The molecular weight excluding hydrogens is 204 g/mol. The van der Waals surface area contributed by atoms with Crippen molar-refractivity contribution in [3.05, 3.63) is 52.6 Å². The van der Waals surface area contributed by atoms with Crippen molar-refractivity contribution in [3.63, 3.8) is 0 Å². The van der Waals surface area contributed by atoms with E-state index in [1.807, 2.05) is 0 Å². The van der Waals surface area contributed by atoms with Crippen molar-refractivity contribution < 1.29 is 0 Å². The lowest BCUT2D eigenvalue weighted by Crippen LogP contribution is -2.27. The minimum Gasteiger partial charge on any atom is -0.0629 e. The van der Waals surface area contributed by atoms with Crippen molar-refractivity contribution in [2.24, 2.45) is 5.41 Å². The smallest absolute Gasteiger partial charge is 0.0129 e. The fourth-order valence-corrected chi connectivity index (χ4v) is 3.73. The molecule has 0 N–H and O–H groups in total. The van der Waals surface area contributed by atoms with Crippen LogP contribution in [0, 0.1) is 5.41 Å². The summed E-state index contributed by atoms with van der Waals surface area (Å²) >= 11 is 0. The molecule has 0 heterocycles. The Hall–Kier alpha value is -1.30. The first kappa shape index (κ1) is 10.8. The Morgan fingerprint density at radius 3 is 2.24 bits per heavy atom. The van der Waals surface area contributed by atoms with E-state index in [0.29, 0.717) is 0 Å². The molecule has 2 aliphatic carbocycles. The summed E-state index contributed by atoms with van der Waals surface area (Å²) in [6, 6.07) is 8.86. The van der Waals surface area contributed by atoms with Crippen LogP contribution in [0.2, 0.25) is 0 Å². The van der Waals surface area contributed by atoms with Crippen molar-refractivity contribution >= 4 is 5.57 Å². The molecule has 0 nitrogen and oxygen atoms in total. The molecule has 88 valence electrons. The molecule has 0 amide bonds. The van der Waals surface area contributed by atoms with Gasteiger partial charge in [0.15, 0.2) is 0 Å². The minimum absolute atomic E-state index is 0.170. The van der Waals surface area contributed by atoms with E-state index in [2.05, 4.69) is 65.0 Å². The predicted molar refractivity (Wildman–Crippen MR) is 73.9 cm³/mol. The van der Waals surface area contributed by atoms with Gasteiger partial charge in [-0.1, -0.05) is 63.6 Å². The topological polar surface area (TPSA) is 0 Å². The quantitative estimate of drug-likeness (QED) is 0.598. The lowest BCUT2D eigenvalue weighted by molar-refractivity contribution is 0.454. The van der Waals surface area contributed by atoms with Gasteiger partial charge in [0.2, 0.25) is 0 Å². The van der Waals surface area contributed by atoms with Gasteiger partial charge < -0.3 is 0 Å². The van der Waals surface area contributed by atoms with Crippen LogP contribution in [-0.2, 0) is 5.41 Å². The summed E-state index contributed by atoms with van der Waals surface area (Å²) in [5.74, 6) is 0. The maximum atomic E-state index is 2.39. The molecule has 0 bridgehead atoms. The fraction of sp³-hybridized carbons (Fsp3) is 0.412. The number of allylic oxidation sites excluding steroid dienone is 4. The predicted octanol–water partition coefficient (Wildman–Crippen LogP) is 4.72. The molecule has 0 saturated heterocycles. The maximum absolute atomic E-state index is 2.39. The summed E-state index contributed by atoms with van der Waals surface area (Å²) in [5, 5.41) is 0. The van der Waals surface area contributed by atoms with E-state index in [1.165, 1.54) is 22.3 Å². The normalized spacial score (nSPS) is 23.5. The third-order valence-electron chi connectivity index (χ3n) is 4.76. The van der Waals surface area contributed by atoms with Gasteiger partial charge in [-0.3, -0.25) is 0 Å². The van der Waals surface area contributed by atoms with Crippen molar-refractivity contribution in [2.45, 2.75) is 40.0 Å². The largest absolute Gasteiger partial charge is 0.0629 e. The van der Waals surface area contributed by atoms with E-state index in [9.17, 15) is 0 Å². The molecule has 0 heteroatoms. The number of rotatable bonds is 0. The molecule has 3 rings (SSSR count). The van der Waals surface area contributed by atoms with Crippen molar-refractivity contribution in [1.29, 1.82) is 0 Å². The first-order valence-corrected chi connectivity index (χ1v) is 6.40. The number of hydrogen-bond acceptors (Lipinski definition) is 0. The molecule has 0 aromatic heterocycles. The zero-order valence-electron chi connectivity index (χ0n) is 11.4. The second-order valence-corrected chi connectivity index (χ2v) is 6.41. The Morgan fingerprint density at radius 2 is 1.53 bits per heavy atom. The van der Waals surface area contributed by atoms with Gasteiger partial charge >= 0.3 is 0 Å². The Bertz CT molecular complexity index is 565. The molecule has 0 saturated carbocycles. The highest BCUT2D eigenvalue weighted by atomic mass is 14.5. The highest BCUT2D eigenvalue weighted by Crippen LogP contribution is 2.59. The van der Waals surface area contributed by atoms with Crippen LogP contribution in [0.3, 0.4) is 0 Å². The van der Waals surface area contributed by atoms with Crippen LogP contribution in [-0.4, -0.2) is 0 Å². The average molecular weight is 224 g/mol. The lowest BCUT2D eigenvalue weighted by atomic mass is 9.68. The molecule has 2 aliphatic rings. The monoisotopic (exact) mass is 224 g/mol. The summed E-state index contributed by atoms with van der Waals surface area (Å²) in [6.45, 7) is 11.7. The third kappa shape index (κ3) is 1.14. The van der Waals surface area contributed by atoms with Crippen LogP contribution in [0.15, 0.2) is 41.5 Å². The van der Waals surface area contributed by atoms with Crippen molar-refractivity contribution in [2.75, 3.05) is 0 Å². The standard InChI is InChI=1S/C17H20/c1-11-10-13-12-8-6-7-9-14(12)17(4,5)15(13)16(11,2)3/h6-10H,1-5H3. The summed E-state index contributed by atoms with van der Waals surface area (Å²) in [4.78, 5) is 0. The minimum atomic E-state index is 0.170. The maximum Gasteiger partial charge on any atom is 0.0129 e. The van der Waals surface area contributed by atoms with E-state index in [4.69, 9.17) is 0 Å². The molecule has 0 spiro atoms. The summed E-state index contributed by atoms with van der Waals surface area (Å²) in [5.41, 5.74) is 7.88. The van der Waals surface area contributed by atoms with Crippen LogP contribution in [0.5, 0.6) is 0 Å². The van der Waals surface area contributed by atoms with E-state index < -0.39 is 0 Å². The molecule has 0 aliphatic heterocycles. The first-order chi connectivity index (χ1) is 7.87. The second-order valence-electron chi connectivity index (χ2n) is 6.41. The molecule has 1 aromatic rings. The van der Waals surface area contributed by atoms with Gasteiger partial charge in [0.1, 0.15) is 0 Å². The molecular formula is C17H20. The number of fused-ring (bicyclic) bond motifs is 2. The number of hydrogen-bond donors (Lipinski definition) is 0. The Labute approximate surface area is 104 Å². The third-order valence-corrected chi connectivity index (χ3v) is 4.76. The fourth-order valence-electron chi connectivity index (χ4n) is 3.73. The Kier molecular flexibility index (Phi) is 1.86. The van der Waals surface area contributed by atoms with E-state index in [-0.39, 0.29) is 10.8 Å². The summed E-state index contributed by atoms with van der Waals surface area (Å²) < 4.78 is 0. The van der Waals surface area contributed by atoms with E-state index in [0.717, 1.165) is 0 Å². The van der Waals surface area contributed by atoms with Crippen molar-refractivity contribution in [3.8, 4) is 0 Å². The van der Waals surface area contributed by atoms with Gasteiger partial charge in [-0.25, -0.2) is 0 Å². The first-order valence-electron chi connectivity index (χ1n) is 6.40. The van der Waals surface area contributed by atoms with E-state index >= 15 is 0 Å². The molecule has 1 aromatic carbocycles. The zero-order valence-corrected chi connectivity index (χ0v) is 11.4. The van der Waals surface area contributed by atoms with Gasteiger partial charge in [0.05, 0.1) is 0 Å². The summed E-state index contributed by atoms with van der Waals surface area (Å²) in [6.07, 6.45) is 2.39.